The van der Waals surface area contributed by atoms with E-state index in [1.807, 2.05) is 40.1 Å². The van der Waals surface area contributed by atoms with Crippen LogP contribution in [0.15, 0.2) is 40.9 Å². The van der Waals surface area contributed by atoms with Crippen molar-refractivity contribution in [2.75, 3.05) is 26.2 Å². The van der Waals surface area contributed by atoms with E-state index in [-0.39, 0.29) is 11.8 Å². The Balaban J connectivity index is 1.33. The lowest BCUT2D eigenvalue weighted by Crippen LogP contribution is -2.40. The van der Waals surface area contributed by atoms with Gasteiger partial charge in [-0.05, 0) is 38.0 Å². The molecule has 0 spiro atoms. The highest BCUT2D eigenvalue weighted by Gasteiger charge is 2.27. The predicted octanol–water partition coefficient (Wildman–Crippen LogP) is 3.60. The lowest BCUT2D eigenvalue weighted by atomic mass is 9.93. The molecule has 2 saturated heterocycles. The summed E-state index contributed by atoms with van der Waals surface area (Å²) in [6.07, 6.45) is 5.74. The van der Waals surface area contributed by atoms with Crippen LogP contribution in [0.1, 0.15) is 49.0 Å². The van der Waals surface area contributed by atoms with E-state index in [2.05, 4.69) is 5.16 Å². The second kappa shape index (κ2) is 8.59. The highest BCUT2D eigenvalue weighted by atomic mass is 16.5. The van der Waals surface area contributed by atoms with E-state index in [9.17, 15) is 9.59 Å². The van der Waals surface area contributed by atoms with Crippen molar-refractivity contribution in [1.82, 2.24) is 15.0 Å². The molecule has 0 bridgehead atoms. The van der Waals surface area contributed by atoms with Crippen molar-refractivity contribution in [3.63, 3.8) is 0 Å². The standard InChI is InChI=1S/C22H27N3O3/c26-21(24-12-4-5-13-24)11-10-17-7-6-14-25(16-17)22(27)19-15-20(28-23-19)18-8-2-1-3-9-18/h1-3,8-9,15,17H,4-7,10-14,16H2. The van der Waals surface area contributed by atoms with Crippen LogP contribution in [-0.2, 0) is 4.79 Å². The maximum Gasteiger partial charge on any atom is 0.276 e. The van der Waals surface area contributed by atoms with Gasteiger partial charge in [-0.3, -0.25) is 9.59 Å². The maximum absolute atomic E-state index is 12.9. The second-order valence-electron chi connectivity index (χ2n) is 7.83. The molecule has 1 unspecified atom stereocenters. The predicted molar refractivity (Wildman–Crippen MR) is 106 cm³/mol. The maximum atomic E-state index is 12.9. The number of hydrogen-bond donors (Lipinski definition) is 0. The Labute approximate surface area is 165 Å². The fraction of sp³-hybridized carbons (Fsp3) is 0.500. The van der Waals surface area contributed by atoms with Crippen LogP contribution in [0.25, 0.3) is 11.3 Å². The van der Waals surface area contributed by atoms with Gasteiger partial charge in [0, 0.05) is 44.2 Å². The smallest absolute Gasteiger partial charge is 0.276 e. The molecule has 0 N–H and O–H groups in total. The van der Waals surface area contributed by atoms with E-state index in [0.29, 0.717) is 30.3 Å². The van der Waals surface area contributed by atoms with Crippen LogP contribution in [0.4, 0.5) is 0 Å². The first kappa shape index (κ1) is 18.7. The topological polar surface area (TPSA) is 66.7 Å². The van der Waals surface area contributed by atoms with Gasteiger partial charge in [0.15, 0.2) is 11.5 Å². The van der Waals surface area contributed by atoms with Crippen molar-refractivity contribution >= 4 is 11.8 Å². The highest BCUT2D eigenvalue weighted by Crippen LogP contribution is 2.25. The van der Waals surface area contributed by atoms with Crippen molar-refractivity contribution in [3.8, 4) is 11.3 Å². The molecule has 2 aliphatic heterocycles. The van der Waals surface area contributed by atoms with Crippen LogP contribution in [0.5, 0.6) is 0 Å². The van der Waals surface area contributed by atoms with Crippen LogP contribution in [0.2, 0.25) is 0 Å². The van der Waals surface area contributed by atoms with E-state index in [1.165, 1.54) is 0 Å². The summed E-state index contributed by atoms with van der Waals surface area (Å²) >= 11 is 0. The number of amides is 2. The third kappa shape index (κ3) is 4.26. The van der Waals surface area contributed by atoms with E-state index in [0.717, 1.165) is 57.3 Å². The molecule has 4 rings (SSSR count). The minimum absolute atomic E-state index is 0.0819. The molecule has 0 saturated carbocycles. The first-order chi connectivity index (χ1) is 13.7. The number of nitrogens with zero attached hydrogens (tertiary/aromatic N) is 3. The first-order valence-corrected chi connectivity index (χ1v) is 10.3. The number of hydrogen-bond acceptors (Lipinski definition) is 4. The first-order valence-electron chi connectivity index (χ1n) is 10.3. The Morgan fingerprint density at radius 2 is 1.79 bits per heavy atom. The van der Waals surface area contributed by atoms with Gasteiger partial charge in [-0.15, -0.1) is 0 Å². The summed E-state index contributed by atoms with van der Waals surface area (Å²) in [4.78, 5) is 29.0. The molecule has 2 fully saturated rings. The third-order valence-corrected chi connectivity index (χ3v) is 5.82. The second-order valence-corrected chi connectivity index (χ2v) is 7.83. The molecule has 6 nitrogen and oxygen atoms in total. The Morgan fingerprint density at radius 1 is 1.04 bits per heavy atom. The Kier molecular flexibility index (Phi) is 5.74. The zero-order chi connectivity index (χ0) is 19.3. The molecule has 1 atom stereocenters. The average molecular weight is 381 g/mol. The lowest BCUT2D eigenvalue weighted by molar-refractivity contribution is -0.130. The minimum Gasteiger partial charge on any atom is -0.355 e. The fourth-order valence-corrected chi connectivity index (χ4v) is 4.21. The molecule has 148 valence electrons. The van der Waals surface area contributed by atoms with Gasteiger partial charge in [0.1, 0.15) is 0 Å². The molecular weight excluding hydrogens is 354 g/mol. The number of aromatic nitrogens is 1. The van der Waals surface area contributed by atoms with Gasteiger partial charge in [0.25, 0.3) is 5.91 Å². The highest BCUT2D eigenvalue weighted by molar-refractivity contribution is 5.93. The van der Waals surface area contributed by atoms with Crippen molar-refractivity contribution in [2.24, 2.45) is 5.92 Å². The molecule has 1 aromatic heterocycles. The summed E-state index contributed by atoms with van der Waals surface area (Å²) in [7, 11) is 0. The zero-order valence-electron chi connectivity index (χ0n) is 16.2. The monoisotopic (exact) mass is 381 g/mol. The van der Waals surface area contributed by atoms with Crippen LogP contribution in [0, 0.1) is 5.92 Å². The van der Waals surface area contributed by atoms with Crippen LogP contribution in [0.3, 0.4) is 0 Å². The van der Waals surface area contributed by atoms with Gasteiger partial charge in [0.2, 0.25) is 5.91 Å². The Morgan fingerprint density at radius 3 is 2.57 bits per heavy atom. The Hall–Kier alpha value is -2.63. The van der Waals surface area contributed by atoms with Gasteiger partial charge in [-0.1, -0.05) is 35.5 Å². The fourth-order valence-electron chi connectivity index (χ4n) is 4.21. The van der Waals surface area contributed by atoms with Crippen LogP contribution in [-0.4, -0.2) is 52.9 Å². The molecule has 2 amide bonds. The summed E-state index contributed by atoms with van der Waals surface area (Å²) < 4.78 is 5.38. The largest absolute Gasteiger partial charge is 0.355 e. The molecule has 3 heterocycles. The summed E-state index contributed by atoms with van der Waals surface area (Å²) in [6.45, 7) is 3.25. The number of likely N-dealkylation sites (tertiary alicyclic amines) is 2. The number of carbonyl (C=O) groups is 2. The van der Waals surface area contributed by atoms with Gasteiger partial charge in [0.05, 0.1) is 0 Å². The van der Waals surface area contributed by atoms with E-state index in [1.54, 1.807) is 6.07 Å². The third-order valence-electron chi connectivity index (χ3n) is 5.82. The molecule has 2 aliphatic rings. The summed E-state index contributed by atoms with van der Waals surface area (Å²) in [6, 6.07) is 11.4. The number of rotatable bonds is 5. The van der Waals surface area contributed by atoms with Crippen molar-refractivity contribution in [2.45, 2.75) is 38.5 Å². The molecule has 1 aromatic carbocycles. The van der Waals surface area contributed by atoms with Gasteiger partial charge < -0.3 is 14.3 Å². The van der Waals surface area contributed by atoms with Crippen LogP contribution >= 0.6 is 0 Å². The quantitative estimate of drug-likeness (QED) is 0.794. The van der Waals surface area contributed by atoms with Crippen molar-refractivity contribution in [1.29, 1.82) is 0 Å². The number of carbonyl (C=O) groups excluding carboxylic acids is 2. The minimum atomic E-state index is -0.0819. The van der Waals surface area contributed by atoms with Crippen LogP contribution < -0.4 is 0 Å². The SMILES string of the molecule is O=C(CCC1CCCN(C(=O)c2cc(-c3ccccc3)on2)C1)N1CCCC1. The summed E-state index contributed by atoms with van der Waals surface area (Å²) in [5.74, 6) is 1.17. The van der Waals surface area contributed by atoms with Gasteiger partial charge >= 0.3 is 0 Å². The normalized spacial score (nSPS) is 19.8. The van der Waals surface area contributed by atoms with Crippen molar-refractivity contribution in [3.05, 3.63) is 42.1 Å². The van der Waals surface area contributed by atoms with E-state index in [4.69, 9.17) is 4.52 Å². The lowest BCUT2D eigenvalue weighted by Gasteiger charge is -2.32. The van der Waals surface area contributed by atoms with Gasteiger partial charge in [-0.2, -0.15) is 0 Å². The summed E-state index contributed by atoms with van der Waals surface area (Å²) in [5.41, 5.74) is 1.26. The molecule has 0 aliphatic carbocycles. The van der Waals surface area contributed by atoms with E-state index < -0.39 is 0 Å². The van der Waals surface area contributed by atoms with Crippen molar-refractivity contribution < 1.29 is 14.1 Å². The van der Waals surface area contributed by atoms with E-state index >= 15 is 0 Å². The molecule has 2 aromatic rings. The molecular formula is C22H27N3O3. The zero-order valence-corrected chi connectivity index (χ0v) is 16.2. The van der Waals surface area contributed by atoms with Gasteiger partial charge in [-0.25, -0.2) is 0 Å². The number of piperidine rings is 1. The summed E-state index contributed by atoms with van der Waals surface area (Å²) in [5, 5.41) is 3.99. The molecule has 0 radical (unpaired) electrons. The number of benzene rings is 1. The Bertz CT molecular complexity index is 811. The molecule has 28 heavy (non-hydrogen) atoms. The molecule has 6 heteroatoms. The average Bonchev–Trinajstić information content (AvgIpc) is 3.45.